The number of benzene rings is 1. The molecule has 0 amide bonds. The fraction of sp³-hybridized carbons (Fsp3) is 0.222. The second-order valence-corrected chi connectivity index (χ2v) is 4.33. The van der Waals surface area contributed by atoms with E-state index in [0.29, 0.717) is 9.26 Å². The van der Waals surface area contributed by atoms with Crippen LogP contribution in [-0.2, 0) is 6.18 Å². The Bertz CT molecular complexity index is 418. The van der Waals surface area contributed by atoms with Crippen LogP contribution in [0.15, 0.2) is 23.2 Å². The third-order valence-corrected chi connectivity index (χ3v) is 2.81. The first-order chi connectivity index (χ1) is 7.34. The Morgan fingerprint density at radius 3 is 2.50 bits per heavy atom. The van der Waals surface area contributed by atoms with Crippen LogP contribution in [-0.4, -0.2) is 11.7 Å². The maximum atomic E-state index is 12.3. The smallest absolute Gasteiger partial charge is 0.386 e. The van der Waals surface area contributed by atoms with E-state index in [1.165, 1.54) is 6.07 Å². The zero-order valence-corrected chi connectivity index (χ0v) is 10.8. The Morgan fingerprint density at radius 2 is 2.06 bits per heavy atom. The molecule has 0 heterocycles. The Morgan fingerprint density at radius 1 is 1.44 bits per heavy atom. The molecule has 0 aliphatic rings. The molecule has 7 heteroatoms. The quantitative estimate of drug-likeness (QED) is 0.372. The van der Waals surface area contributed by atoms with Crippen molar-refractivity contribution in [2.24, 2.45) is 10.7 Å². The molecule has 0 spiro atoms. The fourth-order valence-electron chi connectivity index (χ4n) is 0.958. The van der Waals surface area contributed by atoms with E-state index in [1.54, 1.807) is 22.6 Å². The van der Waals surface area contributed by atoms with Crippen LogP contribution in [0, 0.1) is 3.57 Å². The topological polar surface area (TPSA) is 38.4 Å². The highest BCUT2D eigenvalue weighted by atomic mass is 127. The Balaban J connectivity index is 3.10. The van der Waals surface area contributed by atoms with Gasteiger partial charge in [0.1, 0.15) is 5.84 Å². The molecule has 16 heavy (non-hydrogen) atoms. The molecular weight excluding hydrogens is 355 g/mol. The van der Waals surface area contributed by atoms with Gasteiger partial charge in [0, 0.05) is 3.57 Å². The van der Waals surface area contributed by atoms with Crippen molar-refractivity contribution in [1.82, 2.24) is 0 Å². The van der Waals surface area contributed by atoms with Crippen molar-refractivity contribution >= 4 is 45.7 Å². The Labute approximate surface area is 109 Å². The molecule has 0 saturated heterocycles. The van der Waals surface area contributed by atoms with Crippen molar-refractivity contribution in [2.45, 2.75) is 6.18 Å². The monoisotopic (exact) mass is 362 g/mol. The van der Waals surface area contributed by atoms with Crippen molar-refractivity contribution in [3.05, 3.63) is 27.3 Å². The lowest BCUT2D eigenvalue weighted by molar-refractivity contribution is -0.137. The first-order valence-corrected chi connectivity index (χ1v) is 5.71. The van der Waals surface area contributed by atoms with E-state index in [1.807, 2.05) is 0 Å². The van der Waals surface area contributed by atoms with Gasteiger partial charge in [-0.15, -0.1) is 11.6 Å². The van der Waals surface area contributed by atoms with Gasteiger partial charge < -0.3 is 5.73 Å². The number of alkyl halides is 4. The lowest BCUT2D eigenvalue weighted by Gasteiger charge is -2.08. The summed E-state index contributed by atoms with van der Waals surface area (Å²) in [6.45, 7) is 0. The summed E-state index contributed by atoms with van der Waals surface area (Å²) in [7, 11) is 0. The maximum Gasteiger partial charge on any atom is 0.416 e. The second kappa shape index (κ2) is 5.22. The standard InChI is InChI=1S/C9H7ClF3IN2/c10-4-8(15)16-7-2-1-5(3-6(7)14)9(11,12)13/h1-3H,4H2,(H2,15,16). The van der Waals surface area contributed by atoms with E-state index < -0.39 is 11.7 Å². The van der Waals surface area contributed by atoms with Gasteiger partial charge in [0.15, 0.2) is 0 Å². The number of halogens is 5. The van der Waals surface area contributed by atoms with Gasteiger partial charge in [0.25, 0.3) is 0 Å². The normalized spacial score (nSPS) is 12.9. The average Bonchev–Trinajstić information content (AvgIpc) is 2.19. The minimum Gasteiger partial charge on any atom is -0.386 e. The number of hydrogen-bond donors (Lipinski definition) is 1. The van der Waals surface area contributed by atoms with Gasteiger partial charge in [-0.05, 0) is 40.8 Å². The van der Waals surface area contributed by atoms with Crippen molar-refractivity contribution in [3.63, 3.8) is 0 Å². The van der Waals surface area contributed by atoms with Crippen LogP contribution in [0.2, 0.25) is 0 Å². The van der Waals surface area contributed by atoms with E-state index in [2.05, 4.69) is 4.99 Å². The van der Waals surface area contributed by atoms with Crippen LogP contribution >= 0.6 is 34.2 Å². The zero-order valence-electron chi connectivity index (χ0n) is 7.85. The summed E-state index contributed by atoms with van der Waals surface area (Å²) in [5.74, 6) is 0.205. The summed E-state index contributed by atoms with van der Waals surface area (Å²) in [5.41, 5.74) is 5.06. The van der Waals surface area contributed by atoms with Crippen LogP contribution in [0.3, 0.4) is 0 Å². The summed E-state index contributed by atoms with van der Waals surface area (Å²) >= 11 is 7.19. The van der Waals surface area contributed by atoms with Gasteiger partial charge in [-0.3, -0.25) is 0 Å². The predicted molar refractivity (Wildman–Crippen MR) is 66.2 cm³/mol. The molecule has 0 atom stereocenters. The van der Waals surface area contributed by atoms with Crippen LogP contribution in [0.1, 0.15) is 5.56 Å². The molecule has 2 nitrogen and oxygen atoms in total. The van der Waals surface area contributed by atoms with Gasteiger partial charge in [-0.2, -0.15) is 13.2 Å². The number of hydrogen-bond acceptors (Lipinski definition) is 1. The third kappa shape index (κ3) is 3.51. The summed E-state index contributed by atoms with van der Waals surface area (Å²) in [6, 6.07) is 3.24. The minimum absolute atomic E-state index is 0.0388. The van der Waals surface area contributed by atoms with E-state index in [9.17, 15) is 13.2 Å². The molecule has 0 fully saturated rings. The highest BCUT2D eigenvalue weighted by Crippen LogP contribution is 2.33. The van der Waals surface area contributed by atoms with E-state index in [-0.39, 0.29) is 11.7 Å². The number of amidine groups is 1. The highest BCUT2D eigenvalue weighted by Gasteiger charge is 2.30. The molecule has 1 aromatic rings. The summed E-state index contributed by atoms with van der Waals surface area (Å²) < 4.78 is 37.4. The van der Waals surface area contributed by atoms with Crippen molar-refractivity contribution in [2.75, 3.05) is 5.88 Å². The number of aliphatic imine (C=N–C) groups is 1. The average molecular weight is 363 g/mol. The molecule has 1 rings (SSSR count). The van der Waals surface area contributed by atoms with Crippen LogP contribution in [0.5, 0.6) is 0 Å². The summed E-state index contributed by atoms with van der Waals surface area (Å²) in [5, 5.41) is 0. The zero-order chi connectivity index (χ0) is 12.3. The summed E-state index contributed by atoms with van der Waals surface area (Å²) in [6.07, 6.45) is -4.35. The largest absolute Gasteiger partial charge is 0.416 e. The predicted octanol–water partition coefficient (Wildman–Crippen LogP) is 3.54. The molecule has 88 valence electrons. The molecule has 2 N–H and O–H groups in total. The van der Waals surface area contributed by atoms with Crippen LogP contribution in [0.4, 0.5) is 18.9 Å². The lowest BCUT2D eigenvalue weighted by atomic mass is 10.2. The Hall–Kier alpha value is -0.500. The number of nitrogens with two attached hydrogens (primary N) is 1. The van der Waals surface area contributed by atoms with E-state index in [0.717, 1.165) is 12.1 Å². The number of rotatable bonds is 2. The molecule has 0 aliphatic heterocycles. The molecule has 0 radical (unpaired) electrons. The lowest BCUT2D eigenvalue weighted by Crippen LogP contribution is -2.12. The van der Waals surface area contributed by atoms with Gasteiger partial charge in [0.05, 0.1) is 17.1 Å². The molecule has 0 aliphatic carbocycles. The van der Waals surface area contributed by atoms with Crippen LogP contribution in [0.25, 0.3) is 0 Å². The van der Waals surface area contributed by atoms with Crippen molar-refractivity contribution < 1.29 is 13.2 Å². The van der Waals surface area contributed by atoms with E-state index >= 15 is 0 Å². The minimum atomic E-state index is -4.35. The van der Waals surface area contributed by atoms with E-state index in [4.69, 9.17) is 17.3 Å². The molecule has 0 aromatic heterocycles. The Kier molecular flexibility index (Phi) is 4.43. The molecule has 1 aromatic carbocycles. The molecular formula is C9H7ClF3IN2. The second-order valence-electron chi connectivity index (χ2n) is 2.90. The molecule has 0 bridgehead atoms. The molecule has 0 unspecified atom stereocenters. The van der Waals surface area contributed by atoms with Gasteiger partial charge in [0.2, 0.25) is 0 Å². The summed E-state index contributed by atoms with van der Waals surface area (Å²) in [4.78, 5) is 3.89. The van der Waals surface area contributed by atoms with Crippen molar-refractivity contribution in [1.29, 1.82) is 0 Å². The maximum absolute atomic E-state index is 12.3. The first kappa shape index (κ1) is 13.6. The van der Waals surface area contributed by atoms with Gasteiger partial charge in [-0.25, -0.2) is 4.99 Å². The SMILES string of the molecule is NC(CCl)=Nc1ccc(C(F)(F)F)cc1I. The fourth-order valence-corrected chi connectivity index (χ4v) is 1.65. The first-order valence-electron chi connectivity index (χ1n) is 4.10. The van der Waals surface area contributed by atoms with Crippen LogP contribution < -0.4 is 5.73 Å². The third-order valence-electron chi connectivity index (χ3n) is 1.68. The van der Waals surface area contributed by atoms with Crippen molar-refractivity contribution in [3.8, 4) is 0 Å². The van der Waals surface area contributed by atoms with Gasteiger partial charge >= 0.3 is 6.18 Å². The molecule has 0 saturated carbocycles. The number of nitrogens with zero attached hydrogens (tertiary/aromatic N) is 1. The van der Waals surface area contributed by atoms with Gasteiger partial charge in [-0.1, -0.05) is 0 Å². The highest BCUT2D eigenvalue weighted by molar-refractivity contribution is 14.1.